The van der Waals surface area contributed by atoms with Crippen molar-refractivity contribution in [3.05, 3.63) is 0 Å². The Morgan fingerprint density at radius 3 is 2.15 bits per heavy atom. The Balaban J connectivity index is 2.57. The second-order valence-corrected chi connectivity index (χ2v) is 4.42. The largest absolute Gasteiger partial charge is 0.300 e. The molecule has 1 unspecified atom stereocenters. The number of nitrogens with zero attached hydrogens (tertiary/aromatic N) is 1. The molecule has 2 heteroatoms. The number of carbonyl (C=O) groups excluding carboxylic acids is 1. The second-order valence-electron chi connectivity index (χ2n) is 4.42. The van der Waals surface area contributed by atoms with Crippen LogP contribution in [0.1, 0.15) is 39.0 Å². The fourth-order valence-corrected chi connectivity index (χ4v) is 2.57. The fourth-order valence-electron chi connectivity index (χ4n) is 2.57. The predicted octanol–water partition coefficient (Wildman–Crippen LogP) is 2.09. The normalized spacial score (nSPS) is 21.8. The van der Waals surface area contributed by atoms with Crippen LogP contribution in [0.2, 0.25) is 0 Å². The summed E-state index contributed by atoms with van der Waals surface area (Å²) in [5.41, 5.74) is 0. The molecule has 1 aliphatic rings. The maximum absolute atomic E-state index is 11.4. The van der Waals surface area contributed by atoms with Crippen molar-refractivity contribution in [2.45, 2.75) is 45.1 Å². The van der Waals surface area contributed by atoms with E-state index in [1.54, 1.807) is 6.92 Å². The van der Waals surface area contributed by atoms with Gasteiger partial charge in [-0.3, -0.25) is 9.69 Å². The van der Waals surface area contributed by atoms with Crippen LogP contribution in [0.25, 0.3) is 0 Å². The third kappa shape index (κ3) is 2.80. The van der Waals surface area contributed by atoms with Crippen molar-refractivity contribution in [2.75, 3.05) is 14.1 Å². The van der Waals surface area contributed by atoms with Gasteiger partial charge in [0.15, 0.2) is 0 Å². The number of likely N-dealkylation sites (N-methyl/N-ethyl adjacent to an activating group) is 1. The van der Waals surface area contributed by atoms with Gasteiger partial charge in [0.25, 0.3) is 0 Å². The van der Waals surface area contributed by atoms with Crippen LogP contribution in [-0.4, -0.2) is 30.8 Å². The summed E-state index contributed by atoms with van der Waals surface area (Å²) in [5, 5.41) is 0. The highest BCUT2D eigenvalue weighted by atomic mass is 16.1. The van der Waals surface area contributed by atoms with Gasteiger partial charge in [-0.1, -0.05) is 19.3 Å². The van der Waals surface area contributed by atoms with Gasteiger partial charge in [-0.2, -0.15) is 0 Å². The SMILES string of the molecule is CC(=O)C(C1CCCCC1)N(C)C. The van der Waals surface area contributed by atoms with Crippen LogP contribution in [0.5, 0.6) is 0 Å². The Morgan fingerprint density at radius 1 is 1.23 bits per heavy atom. The quantitative estimate of drug-likeness (QED) is 0.667. The van der Waals surface area contributed by atoms with Crippen molar-refractivity contribution in [3.63, 3.8) is 0 Å². The van der Waals surface area contributed by atoms with E-state index in [2.05, 4.69) is 4.90 Å². The van der Waals surface area contributed by atoms with E-state index in [1.807, 2.05) is 14.1 Å². The molecular weight excluding hydrogens is 162 g/mol. The summed E-state index contributed by atoms with van der Waals surface area (Å²) in [6.07, 6.45) is 6.45. The molecule has 0 aliphatic heterocycles. The molecule has 0 bridgehead atoms. The first-order valence-electron chi connectivity index (χ1n) is 5.30. The number of rotatable bonds is 3. The van der Waals surface area contributed by atoms with Gasteiger partial charge in [0.2, 0.25) is 0 Å². The third-order valence-electron chi connectivity index (χ3n) is 3.07. The molecule has 1 fully saturated rings. The van der Waals surface area contributed by atoms with E-state index in [-0.39, 0.29) is 6.04 Å². The van der Waals surface area contributed by atoms with E-state index in [1.165, 1.54) is 32.1 Å². The summed E-state index contributed by atoms with van der Waals surface area (Å²) in [7, 11) is 4.03. The lowest BCUT2D eigenvalue weighted by Gasteiger charge is -2.32. The van der Waals surface area contributed by atoms with E-state index in [4.69, 9.17) is 0 Å². The molecule has 0 aromatic heterocycles. The Labute approximate surface area is 81.3 Å². The van der Waals surface area contributed by atoms with Gasteiger partial charge in [-0.25, -0.2) is 0 Å². The average Bonchev–Trinajstić information content (AvgIpc) is 2.04. The number of hydrogen-bond acceptors (Lipinski definition) is 2. The second kappa shape index (κ2) is 4.75. The van der Waals surface area contributed by atoms with Gasteiger partial charge in [0.1, 0.15) is 5.78 Å². The van der Waals surface area contributed by atoms with Crippen molar-refractivity contribution in [1.29, 1.82) is 0 Å². The van der Waals surface area contributed by atoms with Crippen LogP contribution >= 0.6 is 0 Å². The molecule has 13 heavy (non-hydrogen) atoms. The lowest BCUT2D eigenvalue weighted by molar-refractivity contribution is -0.123. The molecule has 1 saturated carbocycles. The molecule has 0 aromatic carbocycles. The van der Waals surface area contributed by atoms with E-state index in [9.17, 15) is 4.79 Å². The maximum atomic E-state index is 11.4. The summed E-state index contributed by atoms with van der Waals surface area (Å²) in [4.78, 5) is 13.5. The lowest BCUT2D eigenvalue weighted by atomic mass is 9.82. The highest BCUT2D eigenvalue weighted by Gasteiger charge is 2.28. The van der Waals surface area contributed by atoms with Crippen molar-refractivity contribution < 1.29 is 4.79 Å². The molecule has 76 valence electrons. The molecule has 0 aromatic rings. The van der Waals surface area contributed by atoms with E-state index in [0.29, 0.717) is 11.7 Å². The molecule has 2 nitrogen and oxygen atoms in total. The minimum atomic E-state index is 0.167. The molecule has 0 N–H and O–H groups in total. The summed E-state index contributed by atoms with van der Waals surface area (Å²) in [5.74, 6) is 0.943. The van der Waals surface area contributed by atoms with Crippen molar-refractivity contribution >= 4 is 5.78 Å². The molecule has 1 rings (SSSR count). The number of Topliss-reactive ketones (excluding diaryl/α,β-unsaturated/α-hetero) is 1. The van der Waals surface area contributed by atoms with Gasteiger partial charge >= 0.3 is 0 Å². The van der Waals surface area contributed by atoms with Gasteiger partial charge < -0.3 is 0 Å². The van der Waals surface area contributed by atoms with Crippen molar-refractivity contribution in [3.8, 4) is 0 Å². The van der Waals surface area contributed by atoms with E-state index in [0.717, 1.165) is 0 Å². The highest BCUT2D eigenvalue weighted by molar-refractivity contribution is 5.81. The van der Waals surface area contributed by atoms with Crippen molar-refractivity contribution in [1.82, 2.24) is 4.90 Å². The van der Waals surface area contributed by atoms with Crippen LogP contribution in [-0.2, 0) is 4.79 Å². The summed E-state index contributed by atoms with van der Waals surface area (Å²) in [6, 6.07) is 0.167. The van der Waals surface area contributed by atoms with Crippen LogP contribution in [0.15, 0.2) is 0 Å². The van der Waals surface area contributed by atoms with Gasteiger partial charge in [0.05, 0.1) is 6.04 Å². The standard InChI is InChI=1S/C11H21NO/c1-9(13)11(12(2)3)10-7-5-4-6-8-10/h10-11H,4-8H2,1-3H3. The number of ketones is 1. The predicted molar refractivity (Wildman–Crippen MR) is 54.7 cm³/mol. The summed E-state index contributed by atoms with van der Waals surface area (Å²) >= 11 is 0. The Morgan fingerprint density at radius 2 is 1.77 bits per heavy atom. The topological polar surface area (TPSA) is 20.3 Å². The lowest BCUT2D eigenvalue weighted by Crippen LogP contribution is -2.41. The molecule has 0 saturated heterocycles. The zero-order chi connectivity index (χ0) is 9.84. The molecule has 0 heterocycles. The van der Waals surface area contributed by atoms with Crippen LogP contribution in [0.3, 0.4) is 0 Å². The van der Waals surface area contributed by atoms with Crippen LogP contribution in [0, 0.1) is 5.92 Å². The number of carbonyl (C=O) groups is 1. The molecule has 0 amide bonds. The molecule has 1 aliphatic carbocycles. The Hall–Kier alpha value is -0.370. The first-order valence-corrected chi connectivity index (χ1v) is 5.30. The van der Waals surface area contributed by atoms with Gasteiger partial charge in [0, 0.05) is 0 Å². The zero-order valence-electron chi connectivity index (χ0n) is 9.05. The summed E-state index contributed by atoms with van der Waals surface area (Å²) < 4.78 is 0. The van der Waals surface area contributed by atoms with Gasteiger partial charge in [-0.15, -0.1) is 0 Å². The molecule has 0 spiro atoms. The smallest absolute Gasteiger partial charge is 0.147 e. The summed E-state index contributed by atoms with van der Waals surface area (Å²) in [6.45, 7) is 1.72. The zero-order valence-corrected chi connectivity index (χ0v) is 9.05. The molecule has 0 radical (unpaired) electrons. The van der Waals surface area contributed by atoms with Crippen LogP contribution < -0.4 is 0 Å². The minimum Gasteiger partial charge on any atom is -0.300 e. The van der Waals surface area contributed by atoms with E-state index < -0.39 is 0 Å². The first-order chi connectivity index (χ1) is 6.13. The van der Waals surface area contributed by atoms with Crippen molar-refractivity contribution in [2.24, 2.45) is 5.92 Å². The van der Waals surface area contributed by atoms with Gasteiger partial charge in [-0.05, 0) is 39.8 Å². The van der Waals surface area contributed by atoms with E-state index >= 15 is 0 Å². The Bertz CT molecular complexity index is 171. The Kier molecular flexibility index (Phi) is 3.91. The maximum Gasteiger partial charge on any atom is 0.147 e. The van der Waals surface area contributed by atoms with Crippen LogP contribution in [0.4, 0.5) is 0 Å². The number of hydrogen-bond donors (Lipinski definition) is 0. The minimum absolute atomic E-state index is 0.167. The molecule has 1 atom stereocenters. The highest BCUT2D eigenvalue weighted by Crippen LogP contribution is 2.28. The average molecular weight is 183 g/mol. The monoisotopic (exact) mass is 183 g/mol. The fraction of sp³-hybridized carbons (Fsp3) is 0.909. The third-order valence-corrected chi connectivity index (χ3v) is 3.07. The molecular formula is C11H21NO. The first kappa shape index (κ1) is 10.7.